The highest BCUT2D eigenvalue weighted by Crippen LogP contribution is 2.44. The first-order chi connectivity index (χ1) is 18.4. The minimum Gasteiger partial charge on any atom is -0.444 e. The van der Waals surface area contributed by atoms with Crippen molar-refractivity contribution >= 4 is 23.7 Å². The van der Waals surface area contributed by atoms with Gasteiger partial charge in [0.05, 0.1) is 22.6 Å². The van der Waals surface area contributed by atoms with Crippen LogP contribution in [0.2, 0.25) is 0 Å². The first-order valence-electron chi connectivity index (χ1n) is 12.0. The second-order valence-electron chi connectivity index (χ2n) is 10.1. The number of hydrogen-bond donors (Lipinski definition) is 3. The zero-order valence-electron chi connectivity index (χ0n) is 22.0. The molecule has 0 saturated heterocycles. The Morgan fingerprint density at radius 1 is 1.15 bits per heavy atom. The van der Waals surface area contributed by atoms with Gasteiger partial charge >= 0.3 is 18.4 Å². The molecule has 0 fully saturated rings. The lowest BCUT2D eigenvalue weighted by molar-refractivity contribution is -0.277. The summed E-state index contributed by atoms with van der Waals surface area (Å²) in [6, 6.07) is 0.487. The Morgan fingerprint density at radius 3 is 2.40 bits per heavy atom. The molecular formula is C24H28F6N6O4. The highest BCUT2D eigenvalue weighted by molar-refractivity contribution is 5.93. The number of aliphatic hydroxyl groups is 1. The van der Waals surface area contributed by atoms with Crippen LogP contribution in [0.4, 0.5) is 36.8 Å². The number of ether oxygens (including phenoxy) is 1. The van der Waals surface area contributed by atoms with E-state index in [0.29, 0.717) is 6.07 Å². The molecule has 0 aromatic carbocycles. The largest absolute Gasteiger partial charge is 0.444 e. The number of fused-ring (bicyclic) bond motifs is 5. The molecule has 0 spiro atoms. The number of aromatic nitrogens is 3. The Morgan fingerprint density at radius 2 is 1.82 bits per heavy atom. The van der Waals surface area contributed by atoms with Crippen molar-refractivity contribution in [2.45, 2.75) is 76.4 Å². The van der Waals surface area contributed by atoms with Crippen LogP contribution in [0.3, 0.4) is 0 Å². The fourth-order valence-electron chi connectivity index (χ4n) is 3.91. The van der Waals surface area contributed by atoms with E-state index in [1.807, 2.05) is 0 Å². The standard InChI is InChI=1S/C24H28F6N6O4/c1-21(2,3)40-20(37)33-14-10-13(23(25,26)27)16-15(31)12(11-32-4)8-6-5-7-9-22(38,24(28,29)30)19-36-35-18(39-19)17(14)34-16/h10-11,38H,5-9,31H2,1-4H3,(H,33,37)/b15-12-,32-11?. The third-order valence-corrected chi connectivity index (χ3v) is 5.78. The van der Waals surface area contributed by atoms with Crippen LogP contribution in [-0.4, -0.2) is 51.4 Å². The van der Waals surface area contributed by atoms with Crippen molar-refractivity contribution in [2.75, 3.05) is 12.4 Å². The summed E-state index contributed by atoms with van der Waals surface area (Å²) in [6.45, 7) is 4.51. The number of hydrogen-bond acceptors (Lipinski definition) is 9. The van der Waals surface area contributed by atoms with E-state index in [2.05, 4.69) is 25.5 Å². The average molecular weight is 579 g/mol. The Balaban J connectivity index is 2.37. The van der Waals surface area contributed by atoms with Gasteiger partial charge in [-0.25, -0.2) is 9.78 Å². The predicted octanol–water partition coefficient (Wildman–Crippen LogP) is 5.58. The van der Waals surface area contributed by atoms with E-state index >= 15 is 0 Å². The summed E-state index contributed by atoms with van der Waals surface area (Å²) in [5.41, 5.74) is -2.14. The summed E-state index contributed by atoms with van der Waals surface area (Å²) in [5, 5.41) is 19.5. The molecule has 1 aliphatic heterocycles. The van der Waals surface area contributed by atoms with Crippen LogP contribution < -0.4 is 11.1 Å². The molecule has 1 amide bonds. The monoisotopic (exact) mass is 578 g/mol. The molecule has 1 aliphatic rings. The average Bonchev–Trinajstić information content (AvgIpc) is 3.30. The highest BCUT2D eigenvalue weighted by Gasteiger charge is 2.58. The number of carbonyl (C=O) groups excluding carboxylic acids is 1. The van der Waals surface area contributed by atoms with Crippen LogP contribution in [0, 0.1) is 0 Å². The van der Waals surface area contributed by atoms with Crippen LogP contribution >= 0.6 is 0 Å². The van der Waals surface area contributed by atoms with Crippen molar-refractivity contribution in [1.82, 2.24) is 15.2 Å². The minimum absolute atomic E-state index is 0.0538. The second-order valence-corrected chi connectivity index (χ2v) is 10.1. The van der Waals surface area contributed by atoms with E-state index in [4.69, 9.17) is 14.9 Å². The topological polar surface area (TPSA) is 149 Å². The van der Waals surface area contributed by atoms with Crippen molar-refractivity contribution in [3.8, 4) is 11.6 Å². The molecule has 3 rings (SSSR count). The van der Waals surface area contributed by atoms with Crippen LogP contribution in [-0.2, 0) is 16.5 Å². The summed E-state index contributed by atoms with van der Waals surface area (Å²) in [7, 11) is 1.37. The van der Waals surface area contributed by atoms with Gasteiger partial charge in [0.1, 0.15) is 5.60 Å². The van der Waals surface area contributed by atoms with Gasteiger partial charge in [-0.2, -0.15) is 26.3 Å². The number of anilines is 1. The number of carbonyl (C=O) groups is 1. The molecule has 0 aliphatic carbocycles. The summed E-state index contributed by atoms with van der Waals surface area (Å²) in [5.74, 6) is -2.05. The maximum absolute atomic E-state index is 14.2. The lowest BCUT2D eigenvalue weighted by Crippen LogP contribution is -2.42. The van der Waals surface area contributed by atoms with Crippen molar-refractivity contribution < 1.29 is 45.4 Å². The summed E-state index contributed by atoms with van der Waals surface area (Å²) < 4.78 is 94.8. The maximum Gasteiger partial charge on any atom is 0.426 e. The van der Waals surface area contributed by atoms with Gasteiger partial charge in [-0.15, -0.1) is 10.2 Å². The smallest absolute Gasteiger partial charge is 0.426 e. The Bertz CT molecular complexity index is 1310. The quantitative estimate of drug-likeness (QED) is 0.309. The number of aliphatic imine (C=N–C) groups is 1. The van der Waals surface area contributed by atoms with Gasteiger partial charge in [0, 0.05) is 13.3 Å². The van der Waals surface area contributed by atoms with Gasteiger partial charge in [0.2, 0.25) is 5.60 Å². The van der Waals surface area contributed by atoms with Gasteiger partial charge in [-0.1, -0.05) is 6.42 Å². The van der Waals surface area contributed by atoms with E-state index < -0.39 is 76.2 Å². The first-order valence-corrected chi connectivity index (χ1v) is 12.0. The van der Waals surface area contributed by atoms with Crippen molar-refractivity contribution in [1.29, 1.82) is 0 Å². The SMILES string of the molecule is CN=C/C1=C(\N)c2nc(c(NC(=O)OC(C)(C)C)cc2C(F)(F)F)-c2nnc(o2)C(O)(C(F)(F)F)CCCCC1. The number of allylic oxidation sites excluding steroid dienone is 1. The van der Waals surface area contributed by atoms with E-state index in [0.717, 1.165) is 0 Å². The molecule has 40 heavy (non-hydrogen) atoms. The predicted molar refractivity (Wildman–Crippen MR) is 131 cm³/mol. The Kier molecular flexibility index (Phi) is 8.53. The number of amides is 1. The first kappa shape index (κ1) is 30.8. The lowest BCUT2D eigenvalue weighted by atomic mass is 9.94. The lowest BCUT2D eigenvalue weighted by Gasteiger charge is -2.27. The summed E-state index contributed by atoms with van der Waals surface area (Å²) in [6.07, 6.45) is -10.8. The number of pyridine rings is 1. The molecule has 220 valence electrons. The number of halogens is 6. The number of rotatable bonds is 2. The third-order valence-electron chi connectivity index (χ3n) is 5.78. The molecule has 10 nitrogen and oxygen atoms in total. The van der Waals surface area contributed by atoms with Crippen LogP contribution in [0.15, 0.2) is 21.0 Å². The van der Waals surface area contributed by atoms with Crippen molar-refractivity contribution in [3.05, 3.63) is 28.8 Å². The fraction of sp³-hybridized carbons (Fsp3) is 0.542. The number of nitrogens with two attached hydrogens (primary N) is 1. The van der Waals surface area contributed by atoms with Crippen LogP contribution in [0.5, 0.6) is 0 Å². The van der Waals surface area contributed by atoms with E-state index in [1.165, 1.54) is 34.0 Å². The molecule has 1 atom stereocenters. The minimum atomic E-state index is -5.23. The van der Waals surface area contributed by atoms with E-state index in [1.54, 1.807) is 0 Å². The van der Waals surface area contributed by atoms with Crippen molar-refractivity contribution in [2.24, 2.45) is 10.7 Å². The number of alkyl halides is 6. The normalized spacial score (nSPS) is 21.3. The molecule has 4 N–H and O–H groups in total. The van der Waals surface area contributed by atoms with E-state index in [-0.39, 0.29) is 31.3 Å². The van der Waals surface area contributed by atoms with Gasteiger partial charge in [-0.3, -0.25) is 10.3 Å². The van der Waals surface area contributed by atoms with E-state index in [9.17, 15) is 36.2 Å². The van der Waals surface area contributed by atoms with Gasteiger partial charge in [0.15, 0.2) is 5.69 Å². The third kappa shape index (κ3) is 6.71. The molecular weight excluding hydrogens is 550 g/mol. The molecule has 3 heterocycles. The summed E-state index contributed by atoms with van der Waals surface area (Å²) >= 11 is 0. The van der Waals surface area contributed by atoms with Gasteiger partial charge in [-0.05, 0) is 58.1 Å². The Hall–Kier alpha value is -3.69. The number of nitrogens with one attached hydrogen (secondary N) is 1. The number of nitrogens with zero attached hydrogens (tertiary/aromatic N) is 4. The fourth-order valence-corrected chi connectivity index (χ4v) is 3.91. The Labute approximate surface area is 224 Å². The highest BCUT2D eigenvalue weighted by atomic mass is 19.4. The molecule has 0 radical (unpaired) electrons. The zero-order chi connectivity index (χ0) is 30.1. The van der Waals surface area contributed by atoms with Gasteiger partial charge < -0.3 is 20.0 Å². The molecule has 2 aromatic rings. The molecule has 1 unspecified atom stereocenters. The maximum atomic E-state index is 14.2. The molecule has 16 heteroatoms. The zero-order valence-corrected chi connectivity index (χ0v) is 22.0. The molecule has 4 bridgehead atoms. The van der Waals surface area contributed by atoms with Crippen LogP contribution in [0.1, 0.15) is 70.0 Å². The molecule has 0 saturated carbocycles. The van der Waals surface area contributed by atoms with Crippen LogP contribution in [0.25, 0.3) is 17.3 Å². The second kappa shape index (κ2) is 11.1. The summed E-state index contributed by atoms with van der Waals surface area (Å²) in [4.78, 5) is 20.2. The van der Waals surface area contributed by atoms with Gasteiger partial charge in [0.25, 0.3) is 11.8 Å². The van der Waals surface area contributed by atoms with Crippen molar-refractivity contribution in [3.63, 3.8) is 0 Å². The molecule has 2 aromatic heterocycles.